The van der Waals surface area contributed by atoms with Crippen LogP contribution in [0.2, 0.25) is 5.15 Å². The Hall–Kier alpha value is -1.49. The van der Waals surface area contributed by atoms with Gasteiger partial charge in [0, 0.05) is 5.39 Å². The smallest absolute Gasteiger partial charge is 0.416 e. The molecule has 0 aliphatic heterocycles. The number of hydrogen-bond donors (Lipinski definition) is 1. The molecule has 0 unspecified atom stereocenters. The van der Waals surface area contributed by atoms with Crippen LogP contribution in [0.4, 0.5) is 13.2 Å². The first-order valence-corrected chi connectivity index (χ1v) is 4.62. The van der Waals surface area contributed by atoms with Crippen molar-refractivity contribution in [2.45, 2.75) is 6.18 Å². The van der Waals surface area contributed by atoms with Gasteiger partial charge in [-0.1, -0.05) is 17.7 Å². The normalized spacial score (nSPS) is 12.0. The Bertz CT molecular complexity index is 553. The summed E-state index contributed by atoms with van der Waals surface area (Å²) in [7, 11) is 0. The molecule has 2 nitrogen and oxygen atoms in total. The van der Waals surface area contributed by atoms with Crippen molar-refractivity contribution in [3.63, 3.8) is 0 Å². The van der Waals surface area contributed by atoms with Gasteiger partial charge in [0.2, 0.25) is 0 Å². The fourth-order valence-electron chi connectivity index (χ4n) is 1.31. The van der Waals surface area contributed by atoms with E-state index in [1.54, 1.807) is 0 Å². The van der Waals surface area contributed by atoms with Crippen LogP contribution in [0, 0.1) is 0 Å². The molecule has 0 aliphatic rings. The zero-order valence-electron chi connectivity index (χ0n) is 7.72. The lowest BCUT2D eigenvalue weighted by Gasteiger charge is -2.07. The van der Waals surface area contributed by atoms with Crippen LogP contribution in [-0.2, 0) is 6.18 Å². The van der Waals surface area contributed by atoms with E-state index in [1.165, 1.54) is 12.1 Å². The summed E-state index contributed by atoms with van der Waals surface area (Å²) in [5.74, 6) is -0.256. The van der Waals surface area contributed by atoms with Crippen LogP contribution in [-0.4, -0.2) is 10.1 Å². The minimum Gasteiger partial charge on any atom is -0.505 e. The molecule has 1 heterocycles. The third-order valence-electron chi connectivity index (χ3n) is 2.08. The van der Waals surface area contributed by atoms with Gasteiger partial charge in [-0.05, 0) is 18.2 Å². The molecule has 0 aliphatic carbocycles. The summed E-state index contributed by atoms with van der Waals surface area (Å²) in [6.45, 7) is 0. The lowest BCUT2D eigenvalue weighted by Crippen LogP contribution is -2.04. The van der Waals surface area contributed by atoms with Crippen molar-refractivity contribution in [1.29, 1.82) is 0 Å². The molecule has 0 atom stereocenters. The molecular weight excluding hydrogens is 243 g/mol. The van der Waals surface area contributed by atoms with E-state index in [0.717, 1.165) is 12.1 Å². The first-order valence-electron chi connectivity index (χ1n) is 4.24. The average molecular weight is 248 g/mol. The molecule has 0 spiro atoms. The summed E-state index contributed by atoms with van der Waals surface area (Å²) < 4.78 is 37.2. The van der Waals surface area contributed by atoms with Gasteiger partial charge in [0.25, 0.3) is 0 Å². The fraction of sp³-hybridized carbons (Fsp3) is 0.100. The van der Waals surface area contributed by atoms with Crippen LogP contribution in [0.3, 0.4) is 0 Å². The van der Waals surface area contributed by atoms with Gasteiger partial charge in [-0.2, -0.15) is 13.2 Å². The van der Waals surface area contributed by atoms with Gasteiger partial charge in [0.15, 0.2) is 10.9 Å². The Balaban J connectivity index is 2.67. The number of alkyl halides is 3. The molecule has 6 heteroatoms. The van der Waals surface area contributed by atoms with Crippen molar-refractivity contribution in [1.82, 2.24) is 4.98 Å². The number of fused-ring (bicyclic) bond motifs is 1. The predicted octanol–water partition coefficient (Wildman–Crippen LogP) is 3.61. The van der Waals surface area contributed by atoms with Crippen LogP contribution in [0.1, 0.15) is 5.56 Å². The number of rotatable bonds is 0. The van der Waals surface area contributed by atoms with Crippen molar-refractivity contribution in [3.05, 3.63) is 35.0 Å². The van der Waals surface area contributed by atoms with Gasteiger partial charge in [0.1, 0.15) is 0 Å². The first kappa shape index (κ1) is 11.0. The molecule has 1 aromatic heterocycles. The van der Waals surface area contributed by atoms with Crippen LogP contribution < -0.4 is 0 Å². The van der Waals surface area contributed by atoms with E-state index < -0.39 is 11.7 Å². The fourth-order valence-corrected chi connectivity index (χ4v) is 1.45. The number of halogens is 4. The van der Waals surface area contributed by atoms with Crippen LogP contribution in [0.5, 0.6) is 5.75 Å². The Labute approximate surface area is 93.3 Å². The predicted molar refractivity (Wildman–Crippen MR) is 53.4 cm³/mol. The van der Waals surface area contributed by atoms with E-state index in [9.17, 15) is 18.3 Å². The van der Waals surface area contributed by atoms with Crippen LogP contribution in [0.25, 0.3) is 10.9 Å². The van der Waals surface area contributed by atoms with Crippen LogP contribution >= 0.6 is 11.6 Å². The molecule has 84 valence electrons. The summed E-state index contributed by atoms with van der Waals surface area (Å²) in [5, 5.41) is 9.41. The Morgan fingerprint density at radius 2 is 1.88 bits per heavy atom. The SMILES string of the molecule is Oc1cc2ccc(C(F)(F)F)cc2nc1Cl. The van der Waals surface area contributed by atoms with E-state index in [1.807, 2.05) is 0 Å². The largest absolute Gasteiger partial charge is 0.505 e. The van der Waals surface area contributed by atoms with Gasteiger partial charge in [0.05, 0.1) is 11.1 Å². The molecule has 0 bridgehead atoms. The average Bonchev–Trinajstić information content (AvgIpc) is 2.17. The van der Waals surface area contributed by atoms with Crippen molar-refractivity contribution >= 4 is 22.5 Å². The molecule has 2 rings (SSSR count). The van der Waals surface area contributed by atoms with Crippen LogP contribution in [0.15, 0.2) is 24.3 Å². The second-order valence-corrected chi connectivity index (χ2v) is 3.56. The molecule has 1 aromatic carbocycles. The Kier molecular flexibility index (Phi) is 2.42. The summed E-state index contributed by atoms with van der Waals surface area (Å²) in [6, 6.07) is 4.32. The number of aromatic nitrogens is 1. The maximum Gasteiger partial charge on any atom is 0.416 e. The third kappa shape index (κ3) is 1.90. The van der Waals surface area contributed by atoms with Crippen molar-refractivity contribution < 1.29 is 18.3 Å². The molecule has 0 saturated carbocycles. The van der Waals surface area contributed by atoms with Crippen molar-refractivity contribution in [3.8, 4) is 5.75 Å². The second-order valence-electron chi connectivity index (χ2n) is 3.20. The van der Waals surface area contributed by atoms with Gasteiger partial charge < -0.3 is 5.11 Å². The first-order chi connectivity index (χ1) is 7.38. The van der Waals surface area contributed by atoms with Gasteiger partial charge >= 0.3 is 6.18 Å². The van der Waals surface area contributed by atoms with Crippen molar-refractivity contribution in [2.75, 3.05) is 0 Å². The molecule has 2 aromatic rings. The number of hydrogen-bond acceptors (Lipinski definition) is 2. The maximum absolute atomic E-state index is 12.4. The summed E-state index contributed by atoms with van der Waals surface area (Å²) in [4.78, 5) is 3.66. The van der Waals surface area contributed by atoms with E-state index in [0.29, 0.717) is 5.39 Å². The minimum absolute atomic E-state index is 0.0950. The third-order valence-corrected chi connectivity index (χ3v) is 2.36. The number of aromatic hydroxyl groups is 1. The summed E-state index contributed by atoms with van der Waals surface area (Å²) in [5.41, 5.74) is -0.702. The minimum atomic E-state index is -4.42. The highest BCUT2D eigenvalue weighted by molar-refractivity contribution is 6.31. The second kappa shape index (κ2) is 3.52. The van der Waals surface area contributed by atoms with E-state index in [-0.39, 0.29) is 16.4 Å². The lowest BCUT2D eigenvalue weighted by molar-refractivity contribution is -0.137. The quantitative estimate of drug-likeness (QED) is 0.722. The Morgan fingerprint density at radius 3 is 2.50 bits per heavy atom. The monoisotopic (exact) mass is 247 g/mol. The van der Waals surface area contributed by atoms with E-state index in [4.69, 9.17) is 11.6 Å². The Morgan fingerprint density at radius 1 is 1.19 bits per heavy atom. The van der Waals surface area contributed by atoms with E-state index >= 15 is 0 Å². The summed E-state index contributed by atoms with van der Waals surface area (Å²) in [6.07, 6.45) is -4.42. The molecule has 0 saturated heterocycles. The molecule has 0 fully saturated rings. The molecule has 0 radical (unpaired) electrons. The van der Waals surface area contributed by atoms with Crippen molar-refractivity contribution in [2.24, 2.45) is 0 Å². The highest BCUT2D eigenvalue weighted by atomic mass is 35.5. The zero-order valence-corrected chi connectivity index (χ0v) is 8.47. The number of pyridine rings is 1. The summed E-state index contributed by atoms with van der Waals surface area (Å²) >= 11 is 5.51. The number of nitrogens with zero attached hydrogens (tertiary/aromatic N) is 1. The lowest BCUT2D eigenvalue weighted by atomic mass is 10.1. The van der Waals surface area contributed by atoms with Gasteiger partial charge in [-0.15, -0.1) is 0 Å². The highest BCUT2D eigenvalue weighted by Crippen LogP contribution is 2.32. The number of benzene rings is 1. The standard InChI is InChI=1S/C10H5ClF3NO/c11-9-8(16)3-5-1-2-6(10(12,13)14)4-7(5)15-9/h1-4,16H. The van der Waals surface area contributed by atoms with E-state index in [2.05, 4.69) is 4.98 Å². The molecule has 16 heavy (non-hydrogen) atoms. The highest BCUT2D eigenvalue weighted by Gasteiger charge is 2.30. The molecule has 1 N–H and O–H groups in total. The zero-order chi connectivity index (χ0) is 11.9. The topological polar surface area (TPSA) is 33.1 Å². The van der Waals surface area contributed by atoms with Gasteiger partial charge in [-0.3, -0.25) is 0 Å². The maximum atomic E-state index is 12.4. The molecule has 0 amide bonds. The van der Waals surface area contributed by atoms with Gasteiger partial charge in [-0.25, -0.2) is 4.98 Å². The molecular formula is C10H5ClF3NO.